The van der Waals surface area contributed by atoms with Crippen molar-refractivity contribution in [2.24, 2.45) is 0 Å². The minimum absolute atomic E-state index is 0.359. The maximum Gasteiger partial charge on any atom is 0.132 e. The Hall–Kier alpha value is -1.94. The molecule has 0 radical (unpaired) electrons. The summed E-state index contributed by atoms with van der Waals surface area (Å²) in [5.74, 6) is -0.167. The molecule has 2 nitrogen and oxygen atoms in total. The SMILES string of the molecule is Cc1ccc(F)cc1-n1c(C(C)Cl)nc2ccc(F)cc21. The number of fused-ring (bicyclic) bond motifs is 1. The first-order valence-electron chi connectivity index (χ1n) is 6.56. The zero-order valence-electron chi connectivity index (χ0n) is 11.6. The summed E-state index contributed by atoms with van der Waals surface area (Å²) in [5.41, 5.74) is 2.68. The average molecular weight is 307 g/mol. The van der Waals surface area contributed by atoms with Crippen LogP contribution in [0.2, 0.25) is 0 Å². The molecule has 0 aliphatic carbocycles. The summed E-state index contributed by atoms with van der Waals surface area (Å²) in [6.45, 7) is 3.65. The molecule has 1 heterocycles. The second kappa shape index (κ2) is 5.11. The second-order valence-corrected chi connectivity index (χ2v) is 5.64. The number of halogens is 3. The van der Waals surface area contributed by atoms with E-state index in [4.69, 9.17) is 11.6 Å². The lowest BCUT2D eigenvalue weighted by molar-refractivity contribution is 0.625. The van der Waals surface area contributed by atoms with E-state index in [1.807, 2.05) is 6.92 Å². The van der Waals surface area contributed by atoms with Crippen molar-refractivity contribution in [1.29, 1.82) is 0 Å². The number of imidazole rings is 1. The Morgan fingerprint density at radius 2 is 1.76 bits per heavy atom. The zero-order chi connectivity index (χ0) is 15.1. The van der Waals surface area contributed by atoms with Gasteiger partial charge in [0.25, 0.3) is 0 Å². The van der Waals surface area contributed by atoms with E-state index in [-0.39, 0.29) is 17.0 Å². The monoisotopic (exact) mass is 306 g/mol. The Morgan fingerprint density at radius 1 is 1.10 bits per heavy atom. The summed E-state index contributed by atoms with van der Waals surface area (Å²) in [7, 11) is 0. The van der Waals surface area contributed by atoms with Crippen molar-refractivity contribution in [3.63, 3.8) is 0 Å². The lowest BCUT2D eigenvalue weighted by Crippen LogP contribution is -2.04. The van der Waals surface area contributed by atoms with E-state index in [0.29, 0.717) is 22.5 Å². The molecule has 2 aromatic carbocycles. The number of nitrogens with zero attached hydrogens (tertiary/aromatic N) is 2. The number of alkyl halides is 1. The third kappa shape index (κ3) is 2.40. The van der Waals surface area contributed by atoms with Crippen LogP contribution in [-0.2, 0) is 0 Å². The molecule has 3 aromatic rings. The standard InChI is InChI=1S/C16H13ClF2N2/c1-9-3-4-11(18)7-14(9)21-15-8-12(19)5-6-13(15)20-16(21)10(2)17/h3-8,10H,1-2H3. The fourth-order valence-corrected chi connectivity index (χ4v) is 2.56. The summed E-state index contributed by atoms with van der Waals surface area (Å²) in [5, 5.41) is -0.386. The predicted molar refractivity (Wildman–Crippen MR) is 80.0 cm³/mol. The van der Waals surface area contributed by atoms with E-state index < -0.39 is 0 Å². The molecule has 1 unspecified atom stereocenters. The van der Waals surface area contributed by atoms with Crippen molar-refractivity contribution < 1.29 is 8.78 Å². The number of aryl methyl sites for hydroxylation is 1. The summed E-state index contributed by atoms with van der Waals surface area (Å²) >= 11 is 6.19. The van der Waals surface area contributed by atoms with Gasteiger partial charge in [0, 0.05) is 6.07 Å². The van der Waals surface area contributed by atoms with Gasteiger partial charge < -0.3 is 0 Å². The number of rotatable bonds is 2. The van der Waals surface area contributed by atoms with Crippen LogP contribution in [-0.4, -0.2) is 9.55 Å². The smallest absolute Gasteiger partial charge is 0.132 e. The fourth-order valence-electron chi connectivity index (χ4n) is 2.41. The molecule has 0 bridgehead atoms. The maximum absolute atomic E-state index is 13.6. The van der Waals surface area contributed by atoms with Crippen molar-refractivity contribution in [2.75, 3.05) is 0 Å². The van der Waals surface area contributed by atoms with E-state index in [1.165, 1.54) is 24.3 Å². The van der Waals surface area contributed by atoms with Gasteiger partial charge in [-0.25, -0.2) is 13.8 Å². The maximum atomic E-state index is 13.6. The summed E-state index contributed by atoms with van der Waals surface area (Å²) < 4.78 is 28.9. The summed E-state index contributed by atoms with van der Waals surface area (Å²) in [4.78, 5) is 4.44. The highest BCUT2D eigenvalue weighted by atomic mass is 35.5. The highest BCUT2D eigenvalue weighted by molar-refractivity contribution is 6.20. The first kappa shape index (κ1) is 14.0. The van der Waals surface area contributed by atoms with Crippen LogP contribution >= 0.6 is 11.6 Å². The van der Waals surface area contributed by atoms with Crippen LogP contribution in [0.25, 0.3) is 16.7 Å². The van der Waals surface area contributed by atoms with E-state index in [0.717, 1.165) is 5.56 Å². The van der Waals surface area contributed by atoms with Crippen molar-refractivity contribution in [2.45, 2.75) is 19.2 Å². The zero-order valence-corrected chi connectivity index (χ0v) is 12.3. The largest absolute Gasteiger partial charge is 0.295 e. The Balaban J connectivity index is 2.41. The van der Waals surface area contributed by atoms with Gasteiger partial charge >= 0.3 is 0 Å². The van der Waals surface area contributed by atoms with Gasteiger partial charge in [0.1, 0.15) is 17.5 Å². The van der Waals surface area contributed by atoms with Crippen LogP contribution in [0, 0.1) is 18.6 Å². The Morgan fingerprint density at radius 3 is 2.48 bits per heavy atom. The van der Waals surface area contributed by atoms with E-state index >= 15 is 0 Å². The van der Waals surface area contributed by atoms with Gasteiger partial charge in [-0.05, 0) is 43.7 Å². The van der Waals surface area contributed by atoms with Crippen LogP contribution in [0.1, 0.15) is 23.7 Å². The Bertz CT molecular complexity index is 825. The third-order valence-electron chi connectivity index (χ3n) is 3.41. The topological polar surface area (TPSA) is 17.8 Å². The van der Waals surface area contributed by atoms with Gasteiger partial charge in [0.15, 0.2) is 0 Å². The number of benzene rings is 2. The molecular weight excluding hydrogens is 294 g/mol. The third-order valence-corrected chi connectivity index (χ3v) is 3.61. The molecule has 1 aromatic heterocycles. The molecule has 0 amide bonds. The molecule has 0 aliphatic heterocycles. The lowest BCUT2D eigenvalue weighted by atomic mass is 10.2. The summed E-state index contributed by atoms with van der Waals surface area (Å²) in [6, 6.07) is 8.81. The van der Waals surface area contributed by atoms with Crippen LogP contribution in [0.3, 0.4) is 0 Å². The van der Waals surface area contributed by atoms with Gasteiger partial charge in [0.2, 0.25) is 0 Å². The van der Waals surface area contributed by atoms with Crippen LogP contribution in [0.5, 0.6) is 0 Å². The van der Waals surface area contributed by atoms with Crippen LogP contribution < -0.4 is 0 Å². The van der Waals surface area contributed by atoms with Crippen molar-refractivity contribution in [3.05, 3.63) is 59.4 Å². The summed E-state index contributed by atoms with van der Waals surface area (Å²) in [6.07, 6.45) is 0. The van der Waals surface area contributed by atoms with Crippen LogP contribution in [0.4, 0.5) is 8.78 Å². The van der Waals surface area contributed by atoms with Gasteiger partial charge in [0.05, 0.1) is 22.1 Å². The highest BCUT2D eigenvalue weighted by Crippen LogP contribution is 2.30. The molecule has 1 atom stereocenters. The minimum atomic E-state index is -0.386. The van der Waals surface area contributed by atoms with Crippen LogP contribution in [0.15, 0.2) is 36.4 Å². The molecule has 0 saturated carbocycles. The number of hydrogen-bond acceptors (Lipinski definition) is 1. The molecule has 3 rings (SSSR count). The molecule has 0 fully saturated rings. The number of hydrogen-bond donors (Lipinski definition) is 0. The Labute approximate surface area is 126 Å². The molecular formula is C16H13ClF2N2. The van der Waals surface area contributed by atoms with E-state index in [9.17, 15) is 8.78 Å². The van der Waals surface area contributed by atoms with Crippen molar-refractivity contribution in [1.82, 2.24) is 9.55 Å². The Kier molecular flexibility index (Phi) is 3.41. The van der Waals surface area contributed by atoms with Gasteiger partial charge in [-0.1, -0.05) is 6.07 Å². The van der Waals surface area contributed by atoms with Crippen molar-refractivity contribution >= 4 is 22.6 Å². The molecule has 108 valence electrons. The van der Waals surface area contributed by atoms with Gasteiger partial charge in [-0.15, -0.1) is 11.6 Å². The van der Waals surface area contributed by atoms with E-state index in [2.05, 4.69) is 4.98 Å². The fraction of sp³-hybridized carbons (Fsp3) is 0.188. The molecule has 21 heavy (non-hydrogen) atoms. The quantitative estimate of drug-likeness (QED) is 0.615. The average Bonchev–Trinajstić information content (AvgIpc) is 2.80. The molecule has 0 N–H and O–H groups in total. The molecule has 0 saturated heterocycles. The minimum Gasteiger partial charge on any atom is -0.295 e. The molecule has 0 spiro atoms. The first-order chi connectivity index (χ1) is 9.97. The normalized spacial score (nSPS) is 12.8. The predicted octanol–water partition coefficient (Wildman–Crippen LogP) is 4.91. The second-order valence-electron chi connectivity index (χ2n) is 4.99. The highest BCUT2D eigenvalue weighted by Gasteiger charge is 2.18. The molecule has 5 heteroatoms. The van der Waals surface area contributed by atoms with Gasteiger partial charge in [-0.3, -0.25) is 4.57 Å². The van der Waals surface area contributed by atoms with E-state index in [1.54, 1.807) is 23.6 Å². The lowest BCUT2D eigenvalue weighted by Gasteiger charge is -2.13. The first-order valence-corrected chi connectivity index (χ1v) is 6.99. The number of aromatic nitrogens is 2. The molecule has 0 aliphatic rings. The van der Waals surface area contributed by atoms with Crippen molar-refractivity contribution in [3.8, 4) is 5.69 Å². The van der Waals surface area contributed by atoms with Gasteiger partial charge in [-0.2, -0.15) is 0 Å².